The number of allylic oxidation sites excluding steroid dienone is 2. The molecule has 1 aromatic carbocycles. The van der Waals surface area contributed by atoms with Crippen molar-refractivity contribution in [2.24, 2.45) is 5.73 Å². The molecule has 0 saturated heterocycles. The number of nitrogens with two attached hydrogens (primary N) is 3. The van der Waals surface area contributed by atoms with Crippen LogP contribution in [0.5, 0.6) is 0 Å². The van der Waals surface area contributed by atoms with E-state index in [9.17, 15) is 0 Å². The Morgan fingerprint density at radius 3 is 1.93 bits per heavy atom. The summed E-state index contributed by atoms with van der Waals surface area (Å²) >= 11 is 0. The van der Waals surface area contributed by atoms with Crippen LogP contribution in [0.4, 0.5) is 11.4 Å². The quantitative estimate of drug-likeness (QED) is 0.468. The smallest absolute Gasteiger partial charge is 0.0334 e. The van der Waals surface area contributed by atoms with Gasteiger partial charge in [0.05, 0.1) is 0 Å². The fourth-order valence-electron chi connectivity index (χ4n) is 0.773. The van der Waals surface area contributed by atoms with Crippen LogP contribution in [0.2, 0.25) is 0 Å². The topological polar surface area (TPSA) is 78.1 Å². The first-order valence-electron chi connectivity index (χ1n) is 4.24. The van der Waals surface area contributed by atoms with E-state index in [0.29, 0.717) is 17.1 Å². The highest BCUT2D eigenvalue weighted by molar-refractivity contribution is 5.50. The second-order valence-electron chi connectivity index (χ2n) is 2.75. The molecule has 3 nitrogen and oxygen atoms in total. The second-order valence-corrected chi connectivity index (χ2v) is 2.75. The summed E-state index contributed by atoms with van der Waals surface area (Å²) in [6.45, 7) is 5.34. The Morgan fingerprint density at radius 2 is 1.79 bits per heavy atom. The number of anilines is 2. The normalized spacial score (nSPS) is 9.21. The van der Waals surface area contributed by atoms with Crippen LogP contribution in [0.1, 0.15) is 6.92 Å². The fraction of sp³-hybridized carbons (Fsp3) is 0.0909. The molecule has 0 radical (unpaired) electrons. The van der Waals surface area contributed by atoms with Crippen molar-refractivity contribution in [2.75, 3.05) is 11.5 Å². The maximum absolute atomic E-state index is 5.38. The van der Waals surface area contributed by atoms with E-state index in [-0.39, 0.29) is 0 Å². The van der Waals surface area contributed by atoms with Gasteiger partial charge < -0.3 is 17.2 Å². The van der Waals surface area contributed by atoms with Gasteiger partial charge in [0, 0.05) is 17.1 Å². The van der Waals surface area contributed by atoms with Gasteiger partial charge >= 0.3 is 0 Å². The van der Waals surface area contributed by atoms with Crippen molar-refractivity contribution in [2.45, 2.75) is 6.92 Å². The predicted octanol–water partition coefficient (Wildman–Crippen LogP) is 1.89. The zero-order valence-electron chi connectivity index (χ0n) is 8.40. The third-order valence-corrected chi connectivity index (χ3v) is 1.29. The zero-order chi connectivity index (χ0) is 11.0. The third kappa shape index (κ3) is 6.79. The Kier molecular flexibility index (Phi) is 5.70. The van der Waals surface area contributed by atoms with E-state index in [0.717, 1.165) is 0 Å². The summed E-state index contributed by atoms with van der Waals surface area (Å²) in [6.07, 6.45) is 3.60. The van der Waals surface area contributed by atoms with Gasteiger partial charge in [-0.1, -0.05) is 18.7 Å². The third-order valence-electron chi connectivity index (χ3n) is 1.29. The molecular formula is C11H17N3. The van der Waals surface area contributed by atoms with Crippen molar-refractivity contribution in [3.8, 4) is 0 Å². The van der Waals surface area contributed by atoms with Crippen molar-refractivity contribution >= 4 is 11.4 Å². The fourth-order valence-corrected chi connectivity index (χ4v) is 0.773. The molecule has 1 aromatic rings. The van der Waals surface area contributed by atoms with Gasteiger partial charge in [0.2, 0.25) is 0 Å². The Balaban J connectivity index is 0.000000255. The number of rotatable bonds is 1. The predicted molar refractivity (Wildman–Crippen MR) is 63.4 cm³/mol. The van der Waals surface area contributed by atoms with Crippen LogP contribution in [0.15, 0.2) is 48.7 Å². The Bertz CT molecular complexity index is 299. The van der Waals surface area contributed by atoms with Gasteiger partial charge in [-0.25, -0.2) is 0 Å². The molecule has 0 heterocycles. The molecule has 76 valence electrons. The highest BCUT2D eigenvalue weighted by Crippen LogP contribution is 2.06. The average molecular weight is 191 g/mol. The summed E-state index contributed by atoms with van der Waals surface area (Å²) < 4.78 is 0. The SMILES string of the molecule is C=C(N)/C=C\C.Nc1cccc(N)c1. The van der Waals surface area contributed by atoms with Gasteiger partial charge in [-0.2, -0.15) is 0 Å². The standard InChI is InChI=1S/C6H8N2.C5H9N/c7-5-2-1-3-6(8)4-5;1-3-4-5(2)6/h1-4H,7-8H2;3-4H,2,6H2,1H3/b;4-3-. The van der Waals surface area contributed by atoms with E-state index < -0.39 is 0 Å². The number of benzene rings is 1. The van der Waals surface area contributed by atoms with Crippen LogP contribution in [0.3, 0.4) is 0 Å². The van der Waals surface area contributed by atoms with Gasteiger partial charge in [-0.3, -0.25) is 0 Å². The van der Waals surface area contributed by atoms with Gasteiger partial charge in [0.15, 0.2) is 0 Å². The van der Waals surface area contributed by atoms with Crippen LogP contribution in [0.25, 0.3) is 0 Å². The second kappa shape index (κ2) is 6.60. The summed E-state index contributed by atoms with van der Waals surface area (Å²) in [6, 6.07) is 7.15. The zero-order valence-corrected chi connectivity index (χ0v) is 8.40. The molecule has 0 atom stereocenters. The minimum absolute atomic E-state index is 0.609. The summed E-state index contributed by atoms with van der Waals surface area (Å²) in [7, 11) is 0. The lowest BCUT2D eigenvalue weighted by Crippen LogP contribution is -1.87. The van der Waals surface area contributed by atoms with Crippen molar-refractivity contribution in [3.63, 3.8) is 0 Å². The molecule has 0 amide bonds. The number of hydrogen-bond acceptors (Lipinski definition) is 3. The molecule has 6 N–H and O–H groups in total. The molecule has 1 rings (SSSR count). The van der Waals surface area contributed by atoms with Crippen molar-refractivity contribution in [1.29, 1.82) is 0 Å². The first kappa shape index (κ1) is 12.1. The monoisotopic (exact) mass is 191 g/mol. The van der Waals surface area contributed by atoms with E-state index >= 15 is 0 Å². The van der Waals surface area contributed by atoms with E-state index in [2.05, 4.69) is 6.58 Å². The first-order valence-corrected chi connectivity index (χ1v) is 4.24. The van der Waals surface area contributed by atoms with Crippen molar-refractivity contribution in [3.05, 3.63) is 48.7 Å². The Hall–Kier alpha value is -1.90. The minimum Gasteiger partial charge on any atom is -0.399 e. The maximum atomic E-state index is 5.38. The van der Waals surface area contributed by atoms with Crippen molar-refractivity contribution < 1.29 is 0 Å². The Morgan fingerprint density at radius 1 is 1.29 bits per heavy atom. The van der Waals surface area contributed by atoms with Gasteiger partial charge in [-0.05, 0) is 31.2 Å². The molecule has 0 aromatic heterocycles. The highest BCUT2D eigenvalue weighted by atomic mass is 14.6. The van der Waals surface area contributed by atoms with Gasteiger partial charge in [0.25, 0.3) is 0 Å². The molecule has 0 spiro atoms. The summed E-state index contributed by atoms with van der Waals surface area (Å²) in [4.78, 5) is 0. The Labute approximate surface area is 84.9 Å². The largest absolute Gasteiger partial charge is 0.399 e. The van der Waals surface area contributed by atoms with Crippen LogP contribution < -0.4 is 17.2 Å². The van der Waals surface area contributed by atoms with Crippen LogP contribution in [0, 0.1) is 0 Å². The molecule has 0 bridgehead atoms. The summed E-state index contributed by atoms with van der Waals surface area (Å²) in [5, 5.41) is 0. The van der Waals surface area contributed by atoms with Crippen LogP contribution >= 0.6 is 0 Å². The summed E-state index contributed by atoms with van der Waals surface area (Å²) in [5.74, 6) is 0. The van der Waals surface area contributed by atoms with Gasteiger partial charge in [-0.15, -0.1) is 0 Å². The molecule has 0 aliphatic rings. The summed E-state index contributed by atoms with van der Waals surface area (Å²) in [5.41, 5.74) is 17.9. The van der Waals surface area contributed by atoms with Gasteiger partial charge in [0.1, 0.15) is 0 Å². The molecule has 0 saturated carbocycles. The van der Waals surface area contributed by atoms with Crippen molar-refractivity contribution in [1.82, 2.24) is 0 Å². The lowest BCUT2D eigenvalue weighted by atomic mass is 10.3. The van der Waals surface area contributed by atoms with E-state index in [4.69, 9.17) is 17.2 Å². The molecule has 3 heteroatoms. The van der Waals surface area contributed by atoms with Crippen LogP contribution in [-0.2, 0) is 0 Å². The lowest BCUT2D eigenvalue weighted by Gasteiger charge is -1.91. The molecule has 14 heavy (non-hydrogen) atoms. The van der Waals surface area contributed by atoms with Crippen LogP contribution in [-0.4, -0.2) is 0 Å². The van der Waals surface area contributed by atoms with E-state index in [1.807, 2.05) is 19.1 Å². The van der Waals surface area contributed by atoms with E-state index in [1.165, 1.54) is 0 Å². The average Bonchev–Trinajstić information content (AvgIpc) is 2.03. The number of hydrogen-bond donors (Lipinski definition) is 3. The molecule has 0 aliphatic carbocycles. The molecule has 0 aliphatic heterocycles. The lowest BCUT2D eigenvalue weighted by molar-refractivity contribution is 1.44. The number of nitrogen functional groups attached to an aromatic ring is 2. The minimum atomic E-state index is 0.609. The molecule has 0 fully saturated rings. The molecule has 0 unspecified atom stereocenters. The molecular weight excluding hydrogens is 174 g/mol. The highest BCUT2D eigenvalue weighted by Gasteiger charge is 1.81. The maximum Gasteiger partial charge on any atom is 0.0334 e. The van der Waals surface area contributed by atoms with E-state index in [1.54, 1.807) is 24.3 Å². The first-order chi connectivity index (χ1) is 6.56.